The Kier molecular flexibility index (Phi) is 3.48. The van der Waals surface area contributed by atoms with Crippen LogP contribution in [-0.2, 0) is 6.54 Å². The maximum absolute atomic E-state index is 11.5. The van der Waals surface area contributed by atoms with Crippen LogP contribution in [0.15, 0.2) is 54.7 Å². The van der Waals surface area contributed by atoms with Crippen molar-refractivity contribution in [2.45, 2.75) is 13.5 Å². The Labute approximate surface area is 123 Å². The lowest BCUT2D eigenvalue weighted by molar-refractivity contribution is 0.101. The zero-order chi connectivity index (χ0) is 14.8. The monoisotopic (exact) mass is 279 g/mol. The predicted molar refractivity (Wildman–Crippen MR) is 84.0 cm³/mol. The van der Waals surface area contributed by atoms with Crippen LogP contribution in [0, 0.1) is 0 Å². The summed E-state index contributed by atoms with van der Waals surface area (Å²) in [4.78, 5) is 11.5. The summed E-state index contributed by atoms with van der Waals surface area (Å²) in [6, 6.07) is 15.9. The van der Waals surface area contributed by atoms with Gasteiger partial charge in [-0.3, -0.25) is 4.79 Å². The average molecular weight is 279 g/mol. The van der Waals surface area contributed by atoms with Crippen molar-refractivity contribution < 1.29 is 9.53 Å². The molecule has 106 valence electrons. The molecule has 0 atom stereocenters. The summed E-state index contributed by atoms with van der Waals surface area (Å²) in [5, 5.41) is 1.15. The molecule has 0 N–H and O–H groups in total. The first-order valence-corrected chi connectivity index (χ1v) is 6.90. The lowest BCUT2D eigenvalue weighted by Gasteiger charge is -2.07. The number of aromatic nitrogens is 1. The molecule has 0 aliphatic rings. The molecule has 0 bridgehead atoms. The van der Waals surface area contributed by atoms with Gasteiger partial charge in [-0.15, -0.1) is 0 Å². The van der Waals surface area contributed by atoms with Crippen LogP contribution in [0.2, 0.25) is 0 Å². The molecule has 0 unspecified atom stereocenters. The van der Waals surface area contributed by atoms with Crippen molar-refractivity contribution in [1.82, 2.24) is 4.57 Å². The summed E-state index contributed by atoms with van der Waals surface area (Å²) in [6.07, 6.45) is 2.05. The molecule has 0 aliphatic carbocycles. The number of rotatable bonds is 4. The number of methoxy groups -OCH3 is 1. The van der Waals surface area contributed by atoms with Crippen LogP contribution in [0.1, 0.15) is 22.8 Å². The van der Waals surface area contributed by atoms with E-state index >= 15 is 0 Å². The number of benzene rings is 2. The smallest absolute Gasteiger partial charge is 0.159 e. The fraction of sp³-hybridized carbons (Fsp3) is 0.167. The molecule has 0 saturated heterocycles. The molecule has 3 nitrogen and oxygen atoms in total. The molecule has 2 aromatic carbocycles. The van der Waals surface area contributed by atoms with Crippen molar-refractivity contribution in [3.8, 4) is 5.75 Å². The molecule has 0 fully saturated rings. The van der Waals surface area contributed by atoms with Crippen molar-refractivity contribution in [2.24, 2.45) is 0 Å². The Balaban J connectivity index is 1.95. The van der Waals surface area contributed by atoms with E-state index in [-0.39, 0.29) is 5.78 Å². The van der Waals surface area contributed by atoms with Crippen molar-refractivity contribution >= 4 is 16.7 Å². The summed E-state index contributed by atoms with van der Waals surface area (Å²) in [7, 11) is 1.66. The Morgan fingerprint density at radius 1 is 1.10 bits per heavy atom. The molecule has 3 aromatic rings. The average Bonchev–Trinajstić information content (AvgIpc) is 2.90. The zero-order valence-corrected chi connectivity index (χ0v) is 12.2. The second kappa shape index (κ2) is 5.44. The van der Waals surface area contributed by atoms with E-state index in [0.29, 0.717) is 0 Å². The number of ether oxygens (including phenoxy) is 1. The Bertz CT molecular complexity index is 785. The van der Waals surface area contributed by atoms with Crippen molar-refractivity contribution in [1.29, 1.82) is 0 Å². The molecular weight excluding hydrogens is 262 g/mol. The fourth-order valence-electron chi connectivity index (χ4n) is 2.47. The van der Waals surface area contributed by atoms with Crippen LogP contribution >= 0.6 is 0 Å². The molecule has 21 heavy (non-hydrogen) atoms. The number of Topliss-reactive ketones (excluding diaryl/α,β-unsaturated/α-hetero) is 1. The van der Waals surface area contributed by atoms with E-state index in [2.05, 4.69) is 29.0 Å². The van der Waals surface area contributed by atoms with Gasteiger partial charge in [-0.05, 0) is 42.1 Å². The lowest BCUT2D eigenvalue weighted by atomic mass is 10.1. The van der Waals surface area contributed by atoms with Crippen LogP contribution in [0.5, 0.6) is 5.75 Å². The second-order valence-electron chi connectivity index (χ2n) is 5.12. The third-order valence-corrected chi connectivity index (χ3v) is 3.69. The minimum absolute atomic E-state index is 0.0918. The molecule has 1 heterocycles. The van der Waals surface area contributed by atoms with E-state index in [1.165, 1.54) is 5.56 Å². The lowest BCUT2D eigenvalue weighted by Crippen LogP contribution is -1.99. The first-order chi connectivity index (χ1) is 10.2. The minimum atomic E-state index is 0.0918. The SMILES string of the molecule is COc1ccc(Cn2ccc3ccc(C(C)=O)cc32)cc1. The van der Waals surface area contributed by atoms with Gasteiger partial charge in [-0.1, -0.05) is 24.3 Å². The molecule has 1 aromatic heterocycles. The maximum atomic E-state index is 11.5. The highest BCUT2D eigenvalue weighted by Crippen LogP contribution is 2.20. The van der Waals surface area contributed by atoms with E-state index < -0.39 is 0 Å². The Hall–Kier alpha value is -2.55. The van der Waals surface area contributed by atoms with E-state index in [9.17, 15) is 4.79 Å². The summed E-state index contributed by atoms with van der Waals surface area (Å²) in [6.45, 7) is 2.37. The van der Waals surface area contributed by atoms with E-state index in [0.717, 1.165) is 28.8 Å². The Morgan fingerprint density at radius 3 is 2.52 bits per heavy atom. The first-order valence-electron chi connectivity index (χ1n) is 6.90. The molecule has 0 spiro atoms. The highest BCUT2D eigenvalue weighted by atomic mass is 16.5. The van der Waals surface area contributed by atoms with Gasteiger partial charge in [0.15, 0.2) is 5.78 Å². The first kappa shape index (κ1) is 13.4. The van der Waals surface area contributed by atoms with Crippen molar-refractivity contribution in [3.05, 3.63) is 65.9 Å². The summed E-state index contributed by atoms with van der Waals surface area (Å²) in [5.74, 6) is 0.948. The van der Waals surface area contributed by atoms with Gasteiger partial charge >= 0.3 is 0 Å². The second-order valence-corrected chi connectivity index (χ2v) is 5.12. The number of nitrogens with zero attached hydrogens (tertiary/aromatic N) is 1. The van der Waals surface area contributed by atoms with Crippen molar-refractivity contribution in [2.75, 3.05) is 7.11 Å². The van der Waals surface area contributed by atoms with Crippen molar-refractivity contribution in [3.63, 3.8) is 0 Å². The fourth-order valence-corrected chi connectivity index (χ4v) is 2.47. The molecule has 0 aliphatic heterocycles. The van der Waals surface area contributed by atoms with Crippen LogP contribution in [0.4, 0.5) is 0 Å². The number of hydrogen-bond acceptors (Lipinski definition) is 2. The Morgan fingerprint density at radius 2 is 1.86 bits per heavy atom. The van der Waals surface area contributed by atoms with Gasteiger partial charge in [0.1, 0.15) is 5.75 Å². The standard InChI is InChI=1S/C18H17NO2/c1-13(20)16-6-5-15-9-10-19(18(15)11-16)12-14-3-7-17(21-2)8-4-14/h3-11H,12H2,1-2H3. The predicted octanol–water partition coefficient (Wildman–Crippen LogP) is 3.90. The topological polar surface area (TPSA) is 31.2 Å². The van der Waals surface area contributed by atoms with Crippen LogP contribution in [0.3, 0.4) is 0 Å². The number of carbonyl (C=O) groups is 1. The summed E-state index contributed by atoms with van der Waals surface area (Å²) in [5.41, 5.74) is 3.03. The molecule has 3 rings (SSSR count). The normalized spacial score (nSPS) is 10.8. The number of carbonyl (C=O) groups excluding carboxylic acids is 1. The van der Waals surface area contributed by atoms with E-state index in [4.69, 9.17) is 4.74 Å². The summed E-state index contributed by atoms with van der Waals surface area (Å²) < 4.78 is 7.33. The number of fused-ring (bicyclic) bond motifs is 1. The summed E-state index contributed by atoms with van der Waals surface area (Å²) >= 11 is 0. The quantitative estimate of drug-likeness (QED) is 0.678. The third kappa shape index (κ3) is 2.68. The van der Waals surface area contributed by atoms with Crippen LogP contribution in [0.25, 0.3) is 10.9 Å². The van der Waals surface area contributed by atoms with Gasteiger partial charge in [0.25, 0.3) is 0 Å². The number of hydrogen-bond donors (Lipinski definition) is 0. The zero-order valence-electron chi connectivity index (χ0n) is 12.2. The van der Waals surface area contributed by atoms with Gasteiger partial charge in [0.05, 0.1) is 7.11 Å². The molecule has 0 amide bonds. The number of ketones is 1. The third-order valence-electron chi connectivity index (χ3n) is 3.69. The molecule has 0 radical (unpaired) electrons. The maximum Gasteiger partial charge on any atom is 0.159 e. The highest BCUT2D eigenvalue weighted by molar-refractivity contribution is 5.97. The van der Waals surface area contributed by atoms with Gasteiger partial charge < -0.3 is 9.30 Å². The molecule has 0 saturated carbocycles. The molecule has 3 heteroatoms. The highest BCUT2D eigenvalue weighted by Gasteiger charge is 2.06. The van der Waals surface area contributed by atoms with Gasteiger partial charge in [0.2, 0.25) is 0 Å². The van der Waals surface area contributed by atoms with Crippen LogP contribution < -0.4 is 4.74 Å². The molecular formula is C18H17NO2. The largest absolute Gasteiger partial charge is 0.497 e. The van der Waals surface area contributed by atoms with Gasteiger partial charge in [-0.2, -0.15) is 0 Å². The minimum Gasteiger partial charge on any atom is -0.497 e. The van der Waals surface area contributed by atoms with Gasteiger partial charge in [0, 0.05) is 23.8 Å². The van der Waals surface area contributed by atoms with Crippen LogP contribution in [-0.4, -0.2) is 17.5 Å². The van der Waals surface area contributed by atoms with E-state index in [1.807, 2.05) is 30.3 Å². The van der Waals surface area contributed by atoms with E-state index in [1.54, 1.807) is 14.0 Å². The van der Waals surface area contributed by atoms with Gasteiger partial charge in [-0.25, -0.2) is 0 Å².